The molecule has 0 unspecified atom stereocenters. The van der Waals surface area contributed by atoms with Gasteiger partial charge in [0.15, 0.2) is 0 Å². The van der Waals surface area contributed by atoms with Gasteiger partial charge in [-0.1, -0.05) is 12.2 Å². The number of hydrogen-bond acceptors (Lipinski definition) is 0. The van der Waals surface area contributed by atoms with Gasteiger partial charge in [-0.05, 0) is 27.2 Å². The molecule has 0 aliphatic heterocycles. The van der Waals surface area contributed by atoms with Crippen LogP contribution in [0.4, 0.5) is 0 Å². The Balaban J connectivity index is 3.76. The summed E-state index contributed by atoms with van der Waals surface area (Å²) in [5.74, 6) is 2.72. The SMILES string of the molecule is C#CC(C)(C)CC=CC. The molecular formula is C9H14. The predicted molar refractivity (Wildman–Crippen MR) is 42.0 cm³/mol. The maximum atomic E-state index is 5.26. The summed E-state index contributed by atoms with van der Waals surface area (Å²) in [6, 6.07) is 0. The van der Waals surface area contributed by atoms with Crippen molar-refractivity contribution < 1.29 is 0 Å². The van der Waals surface area contributed by atoms with E-state index in [1.165, 1.54) is 0 Å². The molecule has 0 saturated carbocycles. The maximum absolute atomic E-state index is 5.26. The predicted octanol–water partition coefficient (Wildman–Crippen LogP) is 2.61. The van der Waals surface area contributed by atoms with Crippen LogP contribution in [0.2, 0.25) is 0 Å². The van der Waals surface area contributed by atoms with Gasteiger partial charge in [0.05, 0.1) is 0 Å². The van der Waals surface area contributed by atoms with Gasteiger partial charge in [-0.3, -0.25) is 0 Å². The van der Waals surface area contributed by atoms with Crippen LogP contribution < -0.4 is 0 Å². The van der Waals surface area contributed by atoms with Crippen LogP contribution in [0.5, 0.6) is 0 Å². The van der Waals surface area contributed by atoms with E-state index < -0.39 is 0 Å². The van der Waals surface area contributed by atoms with E-state index in [1.54, 1.807) is 0 Å². The molecule has 0 atom stereocenters. The Morgan fingerprint density at radius 2 is 2.11 bits per heavy atom. The van der Waals surface area contributed by atoms with Gasteiger partial charge in [-0.15, -0.1) is 12.3 Å². The monoisotopic (exact) mass is 122 g/mol. The number of hydrogen-bond donors (Lipinski definition) is 0. The Morgan fingerprint density at radius 3 is 2.44 bits per heavy atom. The van der Waals surface area contributed by atoms with Gasteiger partial charge in [0.1, 0.15) is 0 Å². The van der Waals surface area contributed by atoms with E-state index in [0.29, 0.717) is 0 Å². The van der Waals surface area contributed by atoms with Crippen molar-refractivity contribution in [3.8, 4) is 12.3 Å². The summed E-state index contributed by atoms with van der Waals surface area (Å²) >= 11 is 0. The minimum Gasteiger partial charge on any atom is -0.120 e. The second-order valence-corrected chi connectivity index (χ2v) is 2.80. The van der Waals surface area contributed by atoms with Gasteiger partial charge in [-0.25, -0.2) is 0 Å². The smallest absolute Gasteiger partial charge is 0.0290 e. The Kier molecular flexibility index (Phi) is 3.09. The van der Waals surface area contributed by atoms with Crippen molar-refractivity contribution in [2.24, 2.45) is 5.41 Å². The van der Waals surface area contributed by atoms with Gasteiger partial charge in [0.2, 0.25) is 0 Å². The van der Waals surface area contributed by atoms with Crippen LogP contribution >= 0.6 is 0 Å². The summed E-state index contributed by atoms with van der Waals surface area (Å²) in [6.07, 6.45) is 10.4. The minimum atomic E-state index is 0.0342. The zero-order valence-electron chi connectivity index (χ0n) is 6.44. The quantitative estimate of drug-likeness (QED) is 0.390. The molecule has 0 fully saturated rings. The Morgan fingerprint density at radius 1 is 1.56 bits per heavy atom. The average molecular weight is 122 g/mol. The van der Waals surface area contributed by atoms with Crippen LogP contribution in [-0.4, -0.2) is 0 Å². The zero-order valence-corrected chi connectivity index (χ0v) is 6.44. The van der Waals surface area contributed by atoms with Gasteiger partial charge < -0.3 is 0 Å². The van der Waals surface area contributed by atoms with Crippen LogP contribution in [0.3, 0.4) is 0 Å². The fraction of sp³-hybridized carbons (Fsp3) is 0.556. The molecule has 0 rings (SSSR count). The van der Waals surface area contributed by atoms with Crippen molar-refractivity contribution in [3.63, 3.8) is 0 Å². The molecule has 0 N–H and O–H groups in total. The van der Waals surface area contributed by atoms with Crippen LogP contribution in [0, 0.1) is 17.8 Å². The van der Waals surface area contributed by atoms with Crippen molar-refractivity contribution in [2.45, 2.75) is 27.2 Å². The van der Waals surface area contributed by atoms with Crippen molar-refractivity contribution in [2.75, 3.05) is 0 Å². The third-order valence-corrected chi connectivity index (χ3v) is 1.25. The molecule has 0 saturated heterocycles. The lowest BCUT2D eigenvalue weighted by Crippen LogP contribution is -2.04. The molecule has 9 heavy (non-hydrogen) atoms. The molecule has 0 nitrogen and oxygen atoms in total. The number of allylic oxidation sites excluding steroid dienone is 2. The van der Waals surface area contributed by atoms with Crippen molar-refractivity contribution in [3.05, 3.63) is 12.2 Å². The Bertz CT molecular complexity index is 133. The molecule has 0 aliphatic rings. The van der Waals surface area contributed by atoms with E-state index >= 15 is 0 Å². The Hall–Kier alpha value is -0.700. The normalized spacial score (nSPS) is 11.8. The molecule has 0 heterocycles. The number of rotatable bonds is 2. The van der Waals surface area contributed by atoms with E-state index in [2.05, 4.69) is 25.8 Å². The first-order chi connectivity index (χ1) is 4.12. The molecule has 50 valence electrons. The van der Waals surface area contributed by atoms with E-state index in [4.69, 9.17) is 6.42 Å². The highest BCUT2D eigenvalue weighted by Crippen LogP contribution is 2.18. The van der Waals surface area contributed by atoms with Crippen molar-refractivity contribution in [1.29, 1.82) is 0 Å². The lowest BCUT2D eigenvalue weighted by atomic mass is 9.91. The standard InChI is InChI=1S/C9H14/c1-5-7-8-9(3,4)6-2/h2,5,7H,8H2,1,3-4H3. The summed E-state index contributed by atoms with van der Waals surface area (Å²) in [4.78, 5) is 0. The molecule has 0 aliphatic carbocycles. The lowest BCUT2D eigenvalue weighted by Gasteiger charge is -2.13. The van der Waals surface area contributed by atoms with Gasteiger partial charge in [0.25, 0.3) is 0 Å². The highest BCUT2D eigenvalue weighted by atomic mass is 14.1. The lowest BCUT2D eigenvalue weighted by molar-refractivity contribution is 0.513. The topological polar surface area (TPSA) is 0 Å². The first kappa shape index (κ1) is 8.30. The summed E-state index contributed by atoms with van der Waals surface area (Å²) < 4.78 is 0. The molecule has 0 amide bonds. The zero-order chi connectivity index (χ0) is 7.33. The Labute approximate surface area is 58.0 Å². The second-order valence-electron chi connectivity index (χ2n) is 2.80. The molecular weight excluding hydrogens is 108 g/mol. The minimum absolute atomic E-state index is 0.0342. The molecule has 0 aromatic heterocycles. The molecule has 0 heteroatoms. The van der Waals surface area contributed by atoms with Crippen LogP contribution in [0.25, 0.3) is 0 Å². The van der Waals surface area contributed by atoms with Gasteiger partial charge >= 0.3 is 0 Å². The van der Waals surface area contributed by atoms with Crippen LogP contribution in [-0.2, 0) is 0 Å². The summed E-state index contributed by atoms with van der Waals surface area (Å²) in [5.41, 5.74) is 0.0342. The number of terminal acetylenes is 1. The average Bonchev–Trinajstić information content (AvgIpc) is 1.84. The molecule has 0 spiro atoms. The summed E-state index contributed by atoms with van der Waals surface area (Å²) in [7, 11) is 0. The first-order valence-corrected chi connectivity index (χ1v) is 3.21. The third-order valence-electron chi connectivity index (χ3n) is 1.25. The van der Waals surface area contributed by atoms with Crippen LogP contribution in [0.15, 0.2) is 12.2 Å². The van der Waals surface area contributed by atoms with E-state index in [-0.39, 0.29) is 5.41 Å². The summed E-state index contributed by atoms with van der Waals surface area (Å²) in [6.45, 7) is 6.13. The summed E-state index contributed by atoms with van der Waals surface area (Å²) in [5, 5.41) is 0. The molecule has 0 radical (unpaired) electrons. The molecule has 0 aromatic rings. The van der Waals surface area contributed by atoms with Crippen molar-refractivity contribution >= 4 is 0 Å². The third kappa shape index (κ3) is 3.85. The first-order valence-electron chi connectivity index (χ1n) is 3.21. The van der Waals surface area contributed by atoms with E-state index in [1.807, 2.05) is 13.0 Å². The maximum Gasteiger partial charge on any atom is 0.0290 e. The van der Waals surface area contributed by atoms with E-state index in [9.17, 15) is 0 Å². The second kappa shape index (κ2) is 3.35. The van der Waals surface area contributed by atoms with Crippen LogP contribution in [0.1, 0.15) is 27.2 Å². The largest absolute Gasteiger partial charge is 0.120 e. The highest BCUT2D eigenvalue weighted by molar-refractivity contribution is 5.03. The molecule has 0 bridgehead atoms. The van der Waals surface area contributed by atoms with E-state index in [0.717, 1.165) is 6.42 Å². The highest BCUT2D eigenvalue weighted by Gasteiger charge is 2.09. The fourth-order valence-corrected chi connectivity index (χ4v) is 0.471. The fourth-order valence-electron chi connectivity index (χ4n) is 0.471. The molecule has 0 aromatic carbocycles. The van der Waals surface area contributed by atoms with Gasteiger partial charge in [-0.2, -0.15) is 0 Å². The van der Waals surface area contributed by atoms with Crippen molar-refractivity contribution in [1.82, 2.24) is 0 Å². The van der Waals surface area contributed by atoms with Gasteiger partial charge in [0, 0.05) is 5.41 Å².